The predicted molar refractivity (Wildman–Crippen MR) is 86.7 cm³/mol. The molecule has 5 rings (SSSR count). The Morgan fingerprint density at radius 3 is 3.00 bits per heavy atom. The normalized spacial score (nSPS) is 21.5. The quantitative estimate of drug-likeness (QED) is 0.769. The molecule has 1 saturated heterocycles. The first-order valence-corrected chi connectivity index (χ1v) is 7.89. The molecule has 128 valence electrons. The number of hydrogen-bond donors (Lipinski definition) is 1. The summed E-state index contributed by atoms with van der Waals surface area (Å²) in [5.41, 5.74) is 2.86. The minimum absolute atomic E-state index is 0.155. The van der Waals surface area contributed by atoms with Crippen molar-refractivity contribution in [2.75, 3.05) is 16.8 Å². The number of benzene rings is 1. The third kappa shape index (κ3) is 1.92. The number of anilines is 2. The van der Waals surface area contributed by atoms with Crippen LogP contribution in [0.1, 0.15) is 5.56 Å². The smallest absolute Gasteiger partial charge is 0.419 e. The molecular formula is C16H14N4O5. The van der Waals surface area contributed by atoms with Gasteiger partial charge in [-0.3, -0.25) is 9.47 Å². The fraction of sp³-hybridized carbons (Fsp3) is 0.312. The zero-order valence-corrected chi connectivity index (χ0v) is 13.3. The van der Waals surface area contributed by atoms with E-state index in [4.69, 9.17) is 13.7 Å². The first kappa shape index (κ1) is 14.1. The molecule has 4 heterocycles. The van der Waals surface area contributed by atoms with Gasteiger partial charge in [-0.15, -0.1) is 0 Å². The van der Waals surface area contributed by atoms with Crippen molar-refractivity contribution in [3.63, 3.8) is 0 Å². The lowest BCUT2D eigenvalue weighted by Gasteiger charge is -2.16. The Labute approximate surface area is 140 Å². The molecule has 2 atom stereocenters. The molecule has 9 heteroatoms. The zero-order chi connectivity index (χ0) is 17.1. The van der Waals surface area contributed by atoms with Crippen molar-refractivity contribution in [3.8, 4) is 0 Å². The number of cyclic esters (lactones) is 1. The van der Waals surface area contributed by atoms with Crippen LogP contribution in [0.25, 0.3) is 11.1 Å². The second kappa shape index (κ2) is 4.88. The van der Waals surface area contributed by atoms with Crippen molar-refractivity contribution in [1.82, 2.24) is 9.72 Å². The average Bonchev–Trinajstić information content (AvgIpc) is 3.33. The van der Waals surface area contributed by atoms with Crippen LogP contribution in [0, 0.1) is 0 Å². The lowest BCUT2D eigenvalue weighted by Crippen LogP contribution is -2.36. The number of fused-ring (bicyclic) bond motifs is 5. The topological polar surface area (TPSA) is 103 Å². The van der Waals surface area contributed by atoms with Crippen molar-refractivity contribution < 1.29 is 18.5 Å². The van der Waals surface area contributed by atoms with E-state index in [0.29, 0.717) is 24.4 Å². The highest BCUT2D eigenvalue weighted by atomic mass is 16.6. The first-order chi connectivity index (χ1) is 12.1. The molecule has 25 heavy (non-hydrogen) atoms. The number of aromatic nitrogens is 2. The van der Waals surface area contributed by atoms with E-state index in [1.165, 1.54) is 10.8 Å². The summed E-state index contributed by atoms with van der Waals surface area (Å²) in [6.07, 6.45) is 1.29. The second-order valence-corrected chi connectivity index (χ2v) is 6.17. The summed E-state index contributed by atoms with van der Waals surface area (Å²) in [5, 5.41) is 6.87. The van der Waals surface area contributed by atoms with Crippen LogP contribution < -0.4 is 16.0 Å². The van der Waals surface area contributed by atoms with Gasteiger partial charge in [0.1, 0.15) is 12.4 Å². The van der Waals surface area contributed by atoms with Crippen LogP contribution in [-0.2, 0) is 18.2 Å². The molecule has 1 amide bonds. The number of carbonyl (C=O) groups is 1. The fourth-order valence-electron chi connectivity index (χ4n) is 3.62. The molecule has 0 spiro atoms. The van der Waals surface area contributed by atoms with E-state index in [2.05, 4.69) is 10.5 Å². The van der Waals surface area contributed by atoms with Gasteiger partial charge in [0.05, 0.1) is 23.8 Å². The van der Waals surface area contributed by atoms with Gasteiger partial charge in [0.15, 0.2) is 11.4 Å². The van der Waals surface area contributed by atoms with Gasteiger partial charge in [-0.1, -0.05) is 5.16 Å². The van der Waals surface area contributed by atoms with Crippen LogP contribution >= 0.6 is 0 Å². The largest absolute Gasteiger partial charge is 0.442 e. The Hall–Kier alpha value is -3.23. The van der Waals surface area contributed by atoms with E-state index in [1.54, 1.807) is 24.1 Å². The molecule has 0 aliphatic carbocycles. The minimum Gasteiger partial charge on any atom is -0.442 e. The average molecular weight is 342 g/mol. The molecule has 1 aromatic carbocycles. The molecular weight excluding hydrogens is 328 g/mol. The molecule has 2 aromatic heterocycles. The van der Waals surface area contributed by atoms with Crippen molar-refractivity contribution >= 4 is 28.7 Å². The highest BCUT2D eigenvalue weighted by molar-refractivity contribution is 5.98. The van der Waals surface area contributed by atoms with Gasteiger partial charge in [-0.25, -0.2) is 9.59 Å². The van der Waals surface area contributed by atoms with E-state index in [1.807, 2.05) is 6.07 Å². The van der Waals surface area contributed by atoms with Crippen molar-refractivity contribution in [1.29, 1.82) is 0 Å². The number of hydrogen-bond acceptors (Lipinski definition) is 7. The maximum atomic E-state index is 12.3. The predicted octanol–water partition coefficient (Wildman–Crippen LogP) is 1.48. The number of oxazole rings is 1. The van der Waals surface area contributed by atoms with Crippen LogP contribution in [-0.4, -0.2) is 34.5 Å². The number of carbonyl (C=O) groups excluding carboxylic acids is 1. The lowest BCUT2D eigenvalue weighted by molar-refractivity contribution is 0.137. The SMILES string of the molecule is Cn1c(=O)oc2c3c(ccc21)N1C(=O)O[C@@H](CNc2ccon2)[C@@H]1C3. The van der Waals surface area contributed by atoms with Gasteiger partial charge in [0.25, 0.3) is 0 Å². The Morgan fingerprint density at radius 1 is 1.32 bits per heavy atom. The van der Waals surface area contributed by atoms with E-state index in [0.717, 1.165) is 16.8 Å². The maximum absolute atomic E-state index is 12.3. The van der Waals surface area contributed by atoms with Crippen molar-refractivity contribution in [2.45, 2.75) is 18.6 Å². The Kier molecular flexibility index (Phi) is 2.76. The number of ether oxygens (including phenoxy) is 1. The van der Waals surface area contributed by atoms with Crippen LogP contribution in [0.3, 0.4) is 0 Å². The van der Waals surface area contributed by atoms with Crippen molar-refractivity contribution in [3.05, 3.63) is 40.6 Å². The summed E-state index contributed by atoms with van der Waals surface area (Å²) in [6.45, 7) is 0.412. The summed E-state index contributed by atoms with van der Waals surface area (Å²) >= 11 is 0. The summed E-state index contributed by atoms with van der Waals surface area (Å²) in [5.74, 6) is 0.170. The minimum atomic E-state index is -0.415. The molecule has 1 N–H and O–H groups in total. The number of rotatable bonds is 3. The van der Waals surface area contributed by atoms with Crippen molar-refractivity contribution in [2.24, 2.45) is 7.05 Å². The highest BCUT2D eigenvalue weighted by Gasteiger charge is 2.48. The number of nitrogens with one attached hydrogen (secondary N) is 1. The summed E-state index contributed by atoms with van der Waals surface area (Å²) in [6, 6.07) is 5.16. The van der Waals surface area contributed by atoms with E-state index in [-0.39, 0.29) is 12.1 Å². The maximum Gasteiger partial charge on any atom is 0.419 e. The summed E-state index contributed by atoms with van der Waals surface area (Å²) in [7, 11) is 1.66. The van der Waals surface area contributed by atoms with Gasteiger partial charge in [-0.05, 0) is 12.1 Å². The summed E-state index contributed by atoms with van der Waals surface area (Å²) < 4.78 is 17.1. The van der Waals surface area contributed by atoms with Gasteiger partial charge in [0, 0.05) is 25.1 Å². The lowest BCUT2D eigenvalue weighted by atomic mass is 10.0. The Balaban J connectivity index is 1.49. The zero-order valence-electron chi connectivity index (χ0n) is 13.3. The van der Waals surface area contributed by atoms with Crippen LogP contribution in [0.2, 0.25) is 0 Å². The van der Waals surface area contributed by atoms with E-state index in [9.17, 15) is 9.59 Å². The molecule has 0 radical (unpaired) electrons. The molecule has 2 aliphatic rings. The first-order valence-electron chi connectivity index (χ1n) is 7.89. The van der Waals surface area contributed by atoms with Gasteiger partial charge < -0.3 is 19.0 Å². The molecule has 2 aliphatic heterocycles. The van der Waals surface area contributed by atoms with Crippen LogP contribution in [0.15, 0.2) is 38.2 Å². The highest BCUT2D eigenvalue weighted by Crippen LogP contribution is 2.41. The fourth-order valence-corrected chi connectivity index (χ4v) is 3.62. The second-order valence-electron chi connectivity index (χ2n) is 6.17. The Bertz CT molecular complexity index is 1030. The Morgan fingerprint density at radius 2 is 2.20 bits per heavy atom. The van der Waals surface area contributed by atoms with Gasteiger partial charge >= 0.3 is 11.8 Å². The molecule has 0 bridgehead atoms. The third-order valence-corrected chi connectivity index (χ3v) is 4.84. The van der Waals surface area contributed by atoms with Gasteiger partial charge in [-0.2, -0.15) is 0 Å². The monoisotopic (exact) mass is 342 g/mol. The molecule has 9 nitrogen and oxygen atoms in total. The third-order valence-electron chi connectivity index (χ3n) is 4.84. The molecule has 1 fully saturated rings. The van der Waals surface area contributed by atoms with E-state index >= 15 is 0 Å². The molecule has 0 saturated carbocycles. The van der Waals surface area contributed by atoms with Crippen LogP contribution in [0.5, 0.6) is 0 Å². The standard InChI is InChI=1S/C16H14N4O5/c1-19-10-3-2-9-8(14(10)25-15(19)21)6-11-12(24-16(22)20(9)11)7-17-13-4-5-23-18-13/h2-5,11-12H,6-7H2,1H3,(H,17,18)/t11-,12-/m0/s1. The number of nitrogens with zero attached hydrogens (tertiary/aromatic N) is 3. The molecule has 0 unspecified atom stereocenters. The van der Waals surface area contributed by atoms with Gasteiger partial charge in [0.2, 0.25) is 0 Å². The number of aryl methyl sites for hydroxylation is 1. The van der Waals surface area contributed by atoms with E-state index < -0.39 is 11.8 Å². The number of amides is 1. The summed E-state index contributed by atoms with van der Waals surface area (Å²) in [4.78, 5) is 25.8. The van der Waals surface area contributed by atoms with Crippen LogP contribution in [0.4, 0.5) is 16.3 Å². The molecule has 3 aromatic rings.